The van der Waals surface area contributed by atoms with Crippen LogP contribution in [0.15, 0.2) is 55.1 Å². The summed E-state index contributed by atoms with van der Waals surface area (Å²) >= 11 is 0. The fraction of sp³-hybridized carbons (Fsp3) is 0.222. The quantitative estimate of drug-likeness (QED) is 0.466. The first kappa shape index (κ1) is 15.8. The van der Waals surface area contributed by atoms with Crippen molar-refractivity contribution in [3.63, 3.8) is 0 Å². The summed E-state index contributed by atoms with van der Waals surface area (Å²) in [5.74, 6) is 0.292. The molecule has 0 unspecified atom stereocenters. The molecule has 1 aromatic carbocycles. The minimum Gasteiger partial charge on any atom is -0.454 e. The normalized spacial score (nSPS) is 10.3. The molecule has 0 amide bonds. The van der Waals surface area contributed by atoms with Gasteiger partial charge in [0.05, 0.1) is 11.4 Å². The Hall–Kier alpha value is -2.62. The van der Waals surface area contributed by atoms with Crippen molar-refractivity contribution in [2.75, 3.05) is 0 Å². The van der Waals surface area contributed by atoms with Crippen molar-refractivity contribution < 1.29 is 9.53 Å². The molecule has 0 bridgehead atoms. The van der Waals surface area contributed by atoms with E-state index in [0.29, 0.717) is 17.8 Å². The third kappa shape index (κ3) is 3.34. The van der Waals surface area contributed by atoms with Crippen molar-refractivity contribution in [3.05, 3.63) is 66.7 Å². The molecule has 1 aromatic heterocycles. The van der Waals surface area contributed by atoms with Gasteiger partial charge >= 0.3 is 5.97 Å². The molecule has 0 fully saturated rings. The smallest absolute Gasteiger partial charge is 0.333 e. The van der Waals surface area contributed by atoms with Crippen LogP contribution >= 0.6 is 0 Å². The van der Waals surface area contributed by atoms with E-state index in [1.165, 1.54) is 0 Å². The van der Waals surface area contributed by atoms with Gasteiger partial charge in [0.1, 0.15) is 12.4 Å². The number of carbonyl (C=O) groups excluding carboxylic acids is 1. The average Bonchev–Trinajstić information content (AvgIpc) is 2.82. The van der Waals surface area contributed by atoms with E-state index < -0.39 is 5.97 Å². The molecule has 0 N–H and O–H groups in total. The summed E-state index contributed by atoms with van der Waals surface area (Å²) in [4.78, 5) is 16.1. The molecule has 114 valence electrons. The van der Waals surface area contributed by atoms with E-state index in [0.717, 1.165) is 17.0 Å². The maximum absolute atomic E-state index is 11.5. The second-order valence-corrected chi connectivity index (χ2v) is 5.10. The van der Waals surface area contributed by atoms with E-state index in [2.05, 4.69) is 18.1 Å². The summed E-state index contributed by atoms with van der Waals surface area (Å²) in [5.41, 5.74) is 3.39. The number of aromatic nitrogens is 2. The van der Waals surface area contributed by atoms with Crippen molar-refractivity contribution in [3.8, 4) is 11.3 Å². The number of ether oxygens (including phenoxy) is 1. The van der Waals surface area contributed by atoms with Crippen LogP contribution in [0.25, 0.3) is 11.3 Å². The van der Waals surface area contributed by atoms with Crippen LogP contribution in [0.3, 0.4) is 0 Å². The zero-order valence-corrected chi connectivity index (χ0v) is 13.0. The Kier molecular flexibility index (Phi) is 4.94. The van der Waals surface area contributed by atoms with Gasteiger partial charge in [-0.25, -0.2) is 9.78 Å². The SMILES string of the molecule is C=CCc1nc(COC(=O)C(=C)C)n(C)c1-c1ccccc1. The molecule has 22 heavy (non-hydrogen) atoms. The molecule has 0 aliphatic heterocycles. The number of rotatable bonds is 6. The second-order valence-electron chi connectivity index (χ2n) is 5.10. The van der Waals surface area contributed by atoms with Gasteiger partial charge in [0.2, 0.25) is 0 Å². The van der Waals surface area contributed by atoms with Crippen molar-refractivity contribution in [2.24, 2.45) is 7.05 Å². The molecule has 2 aromatic rings. The van der Waals surface area contributed by atoms with Gasteiger partial charge in [-0.05, 0) is 6.92 Å². The molecule has 0 radical (unpaired) electrons. The highest BCUT2D eigenvalue weighted by molar-refractivity contribution is 5.86. The summed E-state index contributed by atoms with van der Waals surface area (Å²) in [6, 6.07) is 10.0. The summed E-state index contributed by atoms with van der Waals surface area (Å²) in [5, 5.41) is 0. The molecule has 4 nitrogen and oxygen atoms in total. The van der Waals surface area contributed by atoms with Crippen LogP contribution in [-0.4, -0.2) is 15.5 Å². The first-order valence-electron chi connectivity index (χ1n) is 7.08. The van der Waals surface area contributed by atoms with Crippen molar-refractivity contribution >= 4 is 5.97 Å². The Balaban J connectivity index is 2.35. The van der Waals surface area contributed by atoms with Crippen LogP contribution < -0.4 is 0 Å². The fourth-order valence-electron chi connectivity index (χ4n) is 2.22. The van der Waals surface area contributed by atoms with Gasteiger partial charge in [-0.1, -0.05) is 43.0 Å². The van der Waals surface area contributed by atoms with Gasteiger partial charge in [0.25, 0.3) is 0 Å². The standard InChI is InChI=1S/C18H20N2O2/c1-5-9-15-17(14-10-7-6-8-11-14)20(4)16(19-15)12-22-18(21)13(2)3/h5-8,10-11H,1-2,9,12H2,3-4H3. The number of hydrogen-bond acceptors (Lipinski definition) is 3. The number of benzene rings is 1. The highest BCUT2D eigenvalue weighted by Gasteiger charge is 2.16. The number of imidazole rings is 1. The monoisotopic (exact) mass is 296 g/mol. The molecule has 4 heteroatoms. The maximum Gasteiger partial charge on any atom is 0.333 e. The zero-order chi connectivity index (χ0) is 16.1. The third-order valence-corrected chi connectivity index (χ3v) is 3.33. The van der Waals surface area contributed by atoms with Crippen molar-refractivity contribution in [1.29, 1.82) is 0 Å². The Bertz CT molecular complexity index is 699. The van der Waals surface area contributed by atoms with E-state index in [-0.39, 0.29) is 6.61 Å². The van der Waals surface area contributed by atoms with Crippen LogP contribution in [0.4, 0.5) is 0 Å². The van der Waals surface area contributed by atoms with E-state index >= 15 is 0 Å². The number of nitrogens with zero attached hydrogens (tertiary/aromatic N) is 2. The van der Waals surface area contributed by atoms with Crippen molar-refractivity contribution in [1.82, 2.24) is 9.55 Å². The highest BCUT2D eigenvalue weighted by Crippen LogP contribution is 2.25. The minimum absolute atomic E-state index is 0.124. The number of esters is 1. The molecule has 0 spiro atoms. The lowest BCUT2D eigenvalue weighted by molar-refractivity contribution is -0.140. The van der Waals surface area contributed by atoms with Gasteiger partial charge in [-0.2, -0.15) is 0 Å². The number of hydrogen-bond donors (Lipinski definition) is 0. The average molecular weight is 296 g/mol. The van der Waals surface area contributed by atoms with Crippen LogP contribution in [0, 0.1) is 0 Å². The zero-order valence-electron chi connectivity index (χ0n) is 13.0. The summed E-state index contributed by atoms with van der Waals surface area (Å²) in [6.45, 7) is 9.10. The first-order chi connectivity index (χ1) is 10.5. The molecule has 0 aliphatic rings. The van der Waals surface area contributed by atoms with Crippen molar-refractivity contribution in [2.45, 2.75) is 20.0 Å². The van der Waals surface area contributed by atoms with Crippen LogP contribution in [0.2, 0.25) is 0 Å². The first-order valence-corrected chi connectivity index (χ1v) is 7.08. The molecular weight excluding hydrogens is 276 g/mol. The molecular formula is C18H20N2O2. The molecule has 0 aliphatic carbocycles. The second kappa shape index (κ2) is 6.89. The van der Waals surface area contributed by atoms with Gasteiger partial charge in [-0.3, -0.25) is 0 Å². The van der Waals surface area contributed by atoms with Crippen LogP contribution in [-0.2, 0) is 29.6 Å². The molecule has 1 heterocycles. The van der Waals surface area contributed by atoms with Crippen LogP contribution in [0.1, 0.15) is 18.4 Å². The lowest BCUT2D eigenvalue weighted by Gasteiger charge is -2.08. The summed E-state index contributed by atoms with van der Waals surface area (Å²) < 4.78 is 7.16. The topological polar surface area (TPSA) is 44.1 Å². The Morgan fingerprint density at radius 2 is 2.05 bits per heavy atom. The molecule has 2 rings (SSSR count). The van der Waals surface area contributed by atoms with E-state index in [4.69, 9.17) is 4.74 Å². The lowest BCUT2D eigenvalue weighted by Crippen LogP contribution is -2.08. The predicted molar refractivity (Wildman–Crippen MR) is 87.2 cm³/mol. The Labute approximate surface area is 130 Å². The minimum atomic E-state index is -0.408. The number of allylic oxidation sites excluding steroid dienone is 1. The molecule has 0 saturated heterocycles. The third-order valence-electron chi connectivity index (χ3n) is 3.33. The Morgan fingerprint density at radius 1 is 1.36 bits per heavy atom. The molecule has 0 atom stereocenters. The van der Waals surface area contributed by atoms with E-state index in [9.17, 15) is 4.79 Å². The summed E-state index contributed by atoms with van der Waals surface area (Å²) in [7, 11) is 1.92. The maximum atomic E-state index is 11.5. The fourth-order valence-corrected chi connectivity index (χ4v) is 2.22. The van der Waals surface area contributed by atoms with E-state index in [1.54, 1.807) is 6.92 Å². The lowest BCUT2D eigenvalue weighted by atomic mass is 10.1. The molecule has 0 saturated carbocycles. The predicted octanol–water partition coefficient (Wildman–Crippen LogP) is 3.43. The van der Waals surface area contributed by atoms with Gasteiger partial charge in [0, 0.05) is 24.6 Å². The van der Waals surface area contributed by atoms with Gasteiger partial charge in [0.15, 0.2) is 0 Å². The largest absolute Gasteiger partial charge is 0.454 e. The summed E-state index contributed by atoms with van der Waals surface area (Å²) in [6.07, 6.45) is 2.48. The van der Waals surface area contributed by atoms with Gasteiger partial charge in [-0.15, -0.1) is 6.58 Å². The Morgan fingerprint density at radius 3 is 2.64 bits per heavy atom. The van der Waals surface area contributed by atoms with E-state index in [1.807, 2.05) is 48.0 Å². The van der Waals surface area contributed by atoms with Crippen LogP contribution in [0.5, 0.6) is 0 Å². The number of carbonyl (C=O) groups is 1. The van der Waals surface area contributed by atoms with Gasteiger partial charge < -0.3 is 9.30 Å². The highest BCUT2D eigenvalue weighted by atomic mass is 16.5.